The van der Waals surface area contributed by atoms with Gasteiger partial charge in [-0.2, -0.15) is 0 Å². The van der Waals surface area contributed by atoms with Gasteiger partial charge in [0.2, 0.25) is 0 Å². The van der Waals surface area contributed by atoms with Crippen LogP contribution in [0.5, 0.6) is 0 Å². The second-order valence-corrected chi connectivity index (χ2v) is 3.44. The quantitative estimate of drug-likeness (QED) is 0.494. The number of hydrogen-bond donors (Lipinski definition) is 0. The first-order valence-electron chi connectivity index (χ1n) is 5.52. The zero-order chi connectivity index (χ0) is 9.90. The molecular formula is C14H19. The van der Waals surface area contributed by atoms with Crippen molar-refractivity contribution in [2.24, 2.45) is 0 Å². The van der Waals surface area contributed by atoms with Gasteiger partial charge < -0.3 is 0 Å². The molecule has 1 rings (SSSR count). The van der Waals surface area contributed by atoms with Crippen molar-refractivity contribution < 1.29 is 0 Å². The Bertz CT molecular complexity index is 228. The number of allylic oxidation sites excluding steroid dienone is 8. The van der Waals surface area contributed by atoms with Crippen molar-refractivity contribution in [3.8, 4) is 0 Å². The van der Waals surface area contributed by atoms with Gasteiger partial charge in [0.25, 0.3) is 0 Å². The SMILES string of the molecule is [C]1=C/C/C=C/CC/C=C/C=C\CCC/1. The Morgan fingerprint density at radius 2 is 1.57 bits per heavy atom. The highest BCUT2D eigenvalue weighted by molar-refractivity contribution is 5.03. The van der Waals surface area contributed by atoms with Crippen molar-refractivity contribution >= 4 is 0 Å². The minimum Gasteiger partial charge on any atom is -0.0879 e. The van der Waals surface area contributed by atoms with Gasteiger partial charge in [-0.3, -0.25) is 0 Å². The molecule has 0 aromatic heterocycles. The Labute approximate surface area is 87.7 Å². The summed E-state index contributed by atoms with van der Waals surface area (Å²) in [5, 5.41) is 0. The molecule has 0 amide bonds. The highest BCUT2D eigenvalue weighted by Gasteiger charge is 1.81. The minimum atomic E-state index is 1.04. The molecule has 0 fully saturated rings. The Hall–Kier alpha value is -1.04. The van der Waals surface area contributed by atoms with Crippen LogP contribution in [-0.2, 0) is 0 Å². The Kier molecular flexibility index (Phi) is 6.74. The molecule has 14 heavy (non-hydrogen) atoms. The van der Waals surface area contributed by atoms with Crippen molar-refractivity contribution in [3.63, 3.8) is 0 Å². The molecule has 0 atom stereocenters. The van der Waals surface area contributed by atoms with Gasteiger partial charge in [0.05, 0.1) is 0 Å². The van der Waals surface area contributed by atoms with Crippen molar-refractivity contribution in [1.29, 1.82) is 0 Å². The van der Waals surface area contributed by atoms with Crippen LogP contribution < -0.4 is 0 Å². The number of rotatable bonds is 0. The summed E-state index contributed by atoms with van der Waals surface area (Å²) in [5.41, 5.74) is 0. The fourth-order valence-corrected chi connectivity index (χ4v) is 1.33. The normalized spacial score (nSPS) is 28.6. The largest absolute Gasteiger partial charge is 0.0879 e. The molecule has 0 saturated heterocycles. The molecule has 0 aromatic rings. The topological polar surface area (TPSA) is 0 Å². The van der Waals surface area contributed by atoms with Gasteiger partial charge in [0, 0.05) is 0 Å². The standard InChI is InChI=1S/C14H19/c1-2-4-6-8-10-12-14-13-11-9-7-5-3-1/h1-4,9,11,14H,5-8,10,13H2/b3-1+,4-2-,11-9+,14-12?. The molecule has 0 heterocycles. The van der Waals surface area contributed by atoms with Crippen LogP contribution in [-0.4, -0.2) is 0 Å². The van der Waals surface area contributed by atoms with E-state index in [1.165, 1.54) is 12.8 Å². The average molecular weight is 187 g/mol. The Morgan fingerprint density at radius 1 is 0.786 bits per heavy atom. The third kappa shape index (κ3) is 6.47. The summed E-state index contributed by atoms with van der Waals surface area (Å²) >= 11 is 0. The summed E-state index contributed by atoms with van der Waals surface area (Å²) in [6.45, 7) is 0. The second-order valence-electron chi connectivity index (χ2n) is 3.44. The molecule has 1 radical (unpaired) electrons. The van der Waals surface area contributed by atoms with Crippen LogP contribution in [0.25, 0.3) is 0 Å². The van der Waals surface area contributed by atoms with Crippen LogP contribution in [0.15, 0.2) is 42.5 Å². The van der Waals surface area contributed by atoms with E-state index in [1.807, 2.05) is 0 Å². The first-order chi connectivity index (χ1) is 7.00. The van der Waals surface area contributed by atoms with Gasteiger partial charge in [-0.15, -0.1) is 0 Å². The van der Waals surface area contributed by atoms with E-state index in [4.69, 9.17) is 0 Å². The molecule has 0 aliphatic heterocycles. The van der Waals surface area contributed by atoms with Crippen molar-refractivity contribution in [2.45, 2.75) is 38.5 Å². The van der Waals surface area contributed by atoms with E-state index >= 15 is 0 Å². The van der Waals surface area contributed by atoms with Gasteiger partial charge in [-0.1, -0.05) is 42.5 Å². The molecule has 1 aliphatic rings. The molecule has 0 spiro atoms. The third-order valence-corrected chi connectivity index (χ3v) is 2.14. The zero-order valence-electron chi connectivity index (χ0n) is 8.78. The van der Waals surface area contributed by atoms with E-state index in [-0.39, 0.29) is 0 Å². The summed E-state index contributed by atoms with van der Waals surface area (Å²) < 4.78 is 0. The van der Waals surface area contributed by atoms with Gasteiger partial charge in [0.1, 0.15) is 0 Å². The van der Waals surface area contributed by atoms with E-state index in [0.717, 1.165) is 25.7 Å². The summed E-state index contributed by atoms with van der Waals surface area (Å²) in [4.78, 5) is 0. The van der Waals surface area contributed by atoms with Crippen LogP contribution in [0.2, 0.25) is 0 Å². The number of hydrogen-bond acceptors (Lipinski definition) is 0. The fourth-order valence-electron chi connectivity index (χ4n) is 1.33. The van der Waals surface area contributed by atoms with Gasteiger partial charge in [0.15, 0.2) is 0 Å². The van der Waals surface area contributed by atoms with Gasteiger partial charge >= 0.3 is 0 Å². The summed E-state index contributed by atoms with van der Waals surface area (Å²) in [6, 6.07) is 0. The van der Waals surface area contributed by atoms with E-state index in [0.29, 0.717) is 0 Å². The molecule has 0 aromatic carbocycles. The average Bonchev–Trinajstić information content (AvgIpc) is 2.22. The maximum Gasteiger partial charge on any atom is -0.0163 e. The highest BCUT2D eigenvalue weighted by atomic mass is 13.9. The predicted molar refractivity (Wildman–Crippen MR) is 62.9 cm³/mol. The van der Waals surface area contributed by atoms with Gasteiger partial charge in [-0.05, 0) is 44.6 Å². The monoisotopic (exact) mass is 187 g/mol. The summed E-state index contributed by atoms with van der Waals surface area (Å²) in [6.07, 6.45) is 25.5. The molecule has 0 unspecified atom stereocenters. The van der Waals surface area contributed by atoms with Crippen molar-refractivity contribution in [2.75, 3.05) is 0 Å². The molecular weight excluding hydrogens is 168 g/mol. The first kappa shape index (κ1) is 11.0. The van der Waals surface area contributed by atoms with Crippen molar-refractivity contribution in [3.05, 3.63) is 48.6 Å². The lowest BCUT2D eigenvalue weighted by Gasteiger charge is -1.90. The van der Waals surface area contributed by atoms with Crippen LogP contribution in [0.3, 0.4) is 0 Å². The molecule has 0 bridgehead atoms. The maximum atomic E-state index is 3.31. The highest BCUT2D eigenvalue weighted by Crippen LogP contribution is 2.01. The van der Waals surface area contributed by atoms with E-state index in [1.54, 1.807) is 0 Å². The Morgan fingerprint density at radius 3 is 2.50 bits per heavy atom. The molecule has 0 N–H and O–H groups in total. The summed E-state index contributed by atoms with van der Waals surface area (Å²) in [5.74, 6) is 0. The van der Waals surface area contributed by atoms with Crippen LogP contribution in [0.1, 0.15) is 38.5 Å². The van der Waals surface area contributed by atoms with Crippen LogP contribution in [0, 0.1) is 6.08 Å². The maximum absolute atomic E-state index is 3.31. The molecule has 75 valence electrons. The minimum absolute atomic E-state index is 1.04. The predicted octanol–water partition coefficient (Wildman–Crippen LogP) is 4.37. The molecule has 1 aliphatic carbocycles. The van der Waals surface area contributed by atoms with E-state index in [9.17, 15) is 0 Å². The lowest BCUT2D eigenvalue weighted by molar-refractivity contribution is 0.851. The summed E-state index contributed by atoms with van der Waals surface area (Å²) in [7, 11) is 0. The lowest BCUT2D eigenvalue weighted by Crippen LogP contribution is -1.71. The van der Waals surface area contributed by atoms with Crippen molar-refractivity contribution in [1.82, 2.24) is 0 Å². The molecule has 0 heteroatoms. The third-order valence-electron chi connectivity index (χ3n) is 2.14. The van der Waals surface area contributed by atoms with Crippen LogP contribution in [0.4, 0.5) is 0 Å². The zero-order valence-corrected chi connectivity index (χ0v) is 8.78. The van der Waals surface area contributed by atoms with E-state index in [2.05, 4.69) is 48.6 Å². The fraction of sp³-hybridized carbons (Fsp3) is 0.429. The second kappa shape index (κ2) is 8.55. The van der Waals surface area contributed by atoms with Crippen LogP contribution >= 0.6 is 0 Å². The first-order valence-corrected chi connectivity index (χ1v) is 5.52. The smallest absolute Gasteiger partial charge is 0.0163 e. The molecule has 0 saturated carbocycles. The van der Waals surface area contributed by atoms with E-state index < -0.39 is 0 Å². The lowest BCUT2D eigenvalue weighted by atomic mass is 10.2. The van der Waals surface area contributed by atoms with Gasteiger partial charge in [-0.25, -0.2) is 0 Å². The Balaban J connectivity index is 2.34. The molecule has 0 nitrogen and oxygen atoms in total.